The van der Waals surface area contributed by atoms with Crippen molar-refractivity contribution in [3.05, 3.63) is 35.4 Å². The second-order valence-electron chi connectivity index (χ2n) is 8.16. The third-order valence-corrected chi connectivity index (χ3v) is 6.96. The van der Waals surface area contributed by atoms with E-state index >= 15 is 0 Å². The Hall–Kier alpha value is -1.67. The number of Topliss-reactive ketones (excluding diaryl/α,β-unsaturated/α-hetero) is 1. The molecule has 2 aliphatic heterocycles. The molecule has 3 aliphatic rings. The minimum absolute atomic E-state index is 0.0692. The molecular weight excluding hydrogens is 388 g/mol. The Kier molecular flexibility index (Phi) is 6.11. The molecule has 2 saturated heterocycles. The summed E-state index contributed by atoms with van der Waals surface area (Å²) in [5.41, 5.74) is 2.46. The third-order valence-electron chi connectivity index (χ3n) is 6.56. The summed E-state index contributed by atoms with van der Waals surface area (Å²) in [6, 6.07) is 7.46. The smallest absolute Gasteiger partial charge is 0.241 e. The lowest BCUT2D eigenvalue weighted by Gasteiger charge is -2.33. The highest BCUT2D eigenvalue weighted by Crippen LogP contribution is 2.32. The molecule has 0 spiro atoms. The molecule has 0 aromatic heterocycles. The summed E-state index contributed by atoms with van der Waals surface area (Å²) >= 11 is 5.53. The van der Waals surface area contributed by atoms with Gasteiger partial charge in [0.1, 0.15) is 11.8 Å². The number of likely N-dealkylation sites (tertiary alicyclic amines) is 1. The summed E-state index contributed by atoms with van der Waals surface area (Å²) < 4.78 is 10.8. The van der Waals surface area contributed by atoms with Crippen molar-refractivity contribution in [1.29, 1.82) is 0 Å². The Bertz CT molecular complexity index is 785. The molecule has 1 aromatic carbocycles. The summed E-state index contributed by atoms with van der Waals surface area (Å²) in [5, 5.41) is 3.22. The quantitative estimate of drug-likeness (QED) is 0.561. The van der Waals surface area contributed by atoms with Crippen LogP contribution in [0.2, 0.25) is 0 Å². The van der Waals surface area contributed by atoms with Crippen LogP contribution in [-0.4, -0.2) is 67.1 Å². The van der Waals surface area contributed by atoms with E-state index in [1.807, 2.05) is 17.0 Å². The zero-order valence-electron chi connectivity index (χ0n) is 16.9. The highest BCUT2D eigenvalue weighted by atomic mass is 32.1. The van der Waals surface area contributed by atoms with Gasteiger partial charge in [-0.1, -0.05) is 36.5 Å². The molecular formula is C22H28N2O4S. The van der Waals surface area contributed by atoms with Gasteiger partial charge in [-0.25, -0.2) is 0 Å². The number of amides is 1. The second-order valence-corrected chi connectivity index (χ2v) is 8.68. The van der Waals surface area contributed by atoms with Gasteiger partial charge in [0.2, 0.25) is 5.91 Å². The number of thiocarbonyl (C=S) groups is 1. The average molecular weight is 417 g/mol. The molecule has 1 aliphatic carbocycles. The SMILES string of the molecule is COC(OC)[C@@H]1CCCN1C(=O)[C@H]1NCC(=S)C1C(=O)C1Cc2ccccc2C1. The van der Waals surface area contributed by atoms with Gasteiger partial charge in [-0.05, 0) is 36.8 Å². The fraction of sp³-hybridized carbons (Fsp3) is 0.591. The van der Waals surface area contributed by atoms with Crippen LogP contribution in [-0.2, 0) is 31.9 Å². The molecule has 3 atom stereocenters. The summed E-state index contributed by atoms with van der Waals surface area (Å²) in [7, 11) is 3.17. The first-order valence-electron chi connectivity index (χ1n) is 10.3. The predicted octanol–water partition coefficient (Wildman–Crippen LogP) is 1.54. The first-order valence-corrected chi connectivity index (χ1v) is 10.7. The number of methoxy groups -OCH3 is 2. The van der Waals surface area contributed by atoms with Crippen LogP contribution in [0.4, 0.5) is 0 Å². The lowest BCUT2D eigenvalue weighted by molar-refractivity contribution is -0.159. The number of benzene rings is 1. The molecule has 4 rings (SSSR count). The van der Waals surface area contributed by atoms with Crippen molar-refractivity contribution in [2.24, 2.45) is 11.8 Å². The summed E-state index contributed by atoms with van der Waals surface area (Å²) in [4.78, 5) is 29.3. The van der Waals surface area contributed by atoms with E-state index in [1.54, 1.807) is 14.2 Å². The molecule has 29 heavy (non-hydrogen) atoms. The van der Waals surface area contributed by atoms with E-state index in [9.17, 15) is 9.59 Å². The van der Waals surface area contributed by atoms with Gasteiger partial charge in [-0.15, -0.1) is 0 Å². The van der Waals surface area contributed by atoms with Crippen molar-refractivity contribution in [2.75, 3.05) is 27.3 Å². The Morgan fingerprint density at radius 1 is 1.17 bits per heavy atom. The van der Waals surface area contributed by atoms with E-state index in [0.717, 1.165) is 25.7 Å². The number of hydrogen-bond acceptors (Lipinski definition) is 6. The highest BCUT2D eigenvalue weighted by molar-refractivity contribution is 7.80. The minimum Gasteiger partial charge on any atom is -0.354 e. The van der Waals surface area contributed by atoms with Crippen molar-refractivity contribution >= 4 is 28.8 Å². The maximum absolute atomic E-state index is 13.4. The van der Waals surface area contributed by atoms with Crippen LogP contribution in [0, 0.1) is 11.8 Å². The van der Waals surface area contributed by atoms with E-state index in [4.69, 9.17) is 21.7 Å². The maximum atomic E-state index is 13.4. The van der Waals surface area contributed by atoms with Crippen LogP contribution in [0.5, 0.6) is 0 Å². The Morgan fingerprint density at radius 3 is 2.45 bits per heavy atom. The van der Waals surface area contributed by atoms with E-state index in [1.165, 1.54) is 11.1 Å². The monoisotopic (exact) mass is 416 g/mol. The van der Waals surface area contributed by atoms with Crippen molar-refractivity contribution in [2.45, 2.75) is 44.1 Å². The molecule has 2 heterocycles. The van der Waals surface area contributed by atoms with Crippen LogP contribution in [0.25, 0.3) is 0 Å². The zero-order valence-corrected chi connectivity index (χ0v) is 17.7. The fourth-order valence-corrected chi connectivity index (χ4v) is 5.46. The van der Waals surface area contributed by atoms with Gasteiger partial charge in [0.25, 0.3) is 0 Å². The first-order chi connectivity index (χ1) is 14.0. The van der Waals surface area contributed by atoms with Gasteiger partial charge in [-0.3, -0.25) is 9.59 Å². The number of ketones is 1. The number of ether oxygens (including phenoxy) is 2. The van der Waals surface area contributed by atoms with E-state index < -0.39 is 18.2 Å². The fourth-order valence-electron chi connectivity index (χ4n) is 5.13. The number of fused-ring (bicyclic) bond motifs is 1. The standard InChI is InChI=1S/C22H28N2O4S/c1-27-22(28-2)16-8-5-9-24(16)21(26)19-18(17(29)12-23-19)20(25)15-10-13-6-3-4-7-14(13)11-15/h3-4,6-7,15-16,18-19,22-23H,5,8-12H2,1-2H3/t16-,18?,19-/m0/s1. The number of nitrogens with zero attached hydrogens (tertiary/aromatic N) is 1. The molecule has 2 fully saturated rings. The Morgan fingerprint density at radius 2 is 1.83 bits per heavy atom. The number of hydrogen-bond donors (Lipinski definition) is 1. The topological polar surface area (TPSA) is 67.9 Å². The molecule has 0 saturated carbocycles. The van der Waals surface area contributed by atoms with Crippen molar-refractivity contribution in [1.82, 2.24) is 10.2 Å². The van der Waals surface area contributed by atoms with Crippen molar-refractivity contribution in [3.8, 4) is 0 Å². The van der Waals surface area contributed by atoms with E-state index in [-0.39, 0.29) is 23.7 Å². The molecule has 1 amide bonds. The summed E-state index contributed by atoms with van der Waals surface area (Å²) in [6.07, 6.45) is 2.72. The largest absolute Gasteiger partial charge is 0.354 e. The number of rotatable bonds is 6. The highest BCUT2D eigenvalue weighted by Gasteiger charge is 2.48. The Balaban J connectivity index is 1.51. The van der Waals surface area contributed by atoms with Crippen LogP contribution in [0.1, 0.15) is 24.0 Å². The van der Waals surface area contributed by atoms with E-state index in [2.05, 4.69) is 17.4 Å². The molecule has 0 bridgehead atoms. The van der Waals surface area contributed by atoms with Crippen LogP contribution >= 0.6 is 12.2 Å². The number of carbonyl (C=O) groups excluding carboxylic acids is 2. The van der Waals surface area contributed by atoms with Gasteiger partial charge in [0.05, 0.1) is 12.0 Å². The van der Waals surface area contributed by atoms with Gasteiger partial charge in [0.15, 0.2) is 6.29 Å². The third kappa shape index (κ3) is 3.77. The number of nitrogens with one attached hydrogen (secondary N) is 1. The molecule has 156 valence electrons. The lowest BCUT2D eigenvalue weighted by atomic mass is 9.85. The minimum atomic E-state index is -0.589. The van der Waals surface area contributed by atoms with E-state index in [0.29, 0.717) is 18.0 Å². The molecule has 7 heteroatoms. The van der Waals surface area contributed by atoms with Crippen molar-refractivity contribution < 1.29 is 19.1 Å². The zero-order chi connectivity index (χ0) is 20.5. The summed E-state index contributed by atoms with van der Waals surface area (Å²) in [5.74, 6) is -0.618. The van der Waals surface area contributed by atoms with Crippen molar-refractivity contribution in [3.63, 3.8) is 0 Å². The van der Waals surface area contributed by atoms with Gasteiger partial charge in [-0.2, -0.15) is 0 Å². The normalized spacial score (nSPS) is 27.1. The lowest BCUT2D eigenvalue weighted by Crippen LogP contribution is -2.53. The maximum Gasteiger partial charge on any atom is 0.241 e. The predicted molar refractivity (Wildman–Crippen MR) is 113 cm³/mol. The second kappa shape index (κ2) is 8.60. The molecule has 1 aromatic rings. The van der Waals surface area contributed by atoms with Crippen LogP contribution in [0.15, 0.2) is 24.3 Å². The first kappa shape index (κ1) is 20.6. The van der Waals surface area contributed by atoms with Crippen LogP contribution in [0.3, 0.4) is 0 Å². The average Bonchev–Trinajstić information content (AvgIpc) is 3.46. The van der Waals surface area contributed by atoms with Gasteiger partial charge < -0.3 is 19.7 Å². The molecule has 6 nitrogen and oxygen atoms in total. The summed E-state index contributed by atoms with van der Waals surface area (Å²) in [6.45, 7) is 1.08. The van der Waals surface area contributed by atoms with Gasteiger partial charge >= 0.3 is 0 Å². The number of carbonyl (C=O) groups is 2. The van der Waals surface area contributed by atoms with Crippen LogP contribution < -0.4 is 5.32 Å². The molecule has 1 unspecified atom stereocenters. The van der Waals surface area contributed by atoms with Gasteiger partial charge in [0, 0.05) is 38.1 Å². The Labute approximate surface area is 176 Å². The molecule has 1 N–H and O–H groups in total. The molecule has 0 radical (unpaired) electrons.